The summed E-state index contributed by atoms with van der Waals surface area (Å²) in [6, 6.07) is 18.6. The van der Waals surface area contributed by atoms with Crippen LogP contribution in [0.2, 0.25) is 0 Å². The summed E-state index contributed by atoms with van der Waals surface area (Å²) in [7, 11) is 0. The van der Waals surface area contributed by atoms with Gasteiger partial charge in [-0.05, 0) is 42.4 Å². The largest absolute Gasteiger partial charge is 0.349 e. The van der Waals surface area contributed by atoms with Crippen LogP contribution in [0.3, 0.4) is 0 Å². The first-order valence-electron chi connectivity index (χ1n) is 9.90. The van der Waals surface area contributed by atoms with Crippen molar-refractivity contribution in [2.75, 3.05) is 13.1 Å². The van der Waals surface area contributed by atoms with Gasteiger partial charge >= 0.3 is 0 Å². The fourth-order valence-corrected chi connectivity index (χ4v) is 4.27. The standard InChI is InChI=1S/C23H26N2O2/c26-22-15-19(16-25(22)14-13-17-7-2-1-3-8-17)23(27)24-21-12-6-10-18-9-4-5-11-20(18)21/h1-5,7-9,11,19,21H,6,10,12-16H2,(H,24,27). The van der Waals surface area contributed by atoms with E-state index in [4.69, 9.17) is 0 Å². The molecule has 0 aromatic heterocycles. The Morgan fingerprint density at radius 1 is 1.07 bits per heavy atom. The van der Waals surface area contributed by atoms with E-state index in [-0.39, 0.29) is 23.8 Å². The number of nitrogens with one attached hydrogen (secondary N) is 1. The van der Waals surface area contributed by atoms with Crippen LogP contribution in [0, 0.1) is 5.92 Å². The summed E-state index contributed by atoms with van der Waals surface area (Å²) >= 11 is 0. The molecule has 2 atom stereocenters. The molecule has 4 rings (SSSR count). The molecule has 140 valence electrons. The Morgan fingerprint density at radius 2 is 1.85 bits per heavy atom. The number of hydrogen-bond acceptors (Lipinski definition) is 2. The minimum Gasteiger partial charge on any atom is -0.349 e. The third-order valence-corrected chi connectivity index (χ3v) is 5.78. The third kappa shape index (κ3) is 4.05. The SMILES string of the molecule is O=C(NC1CCCc2ccccc21)C1CC(=O)N(CCc2ccccc2)C1. The topological polar surface area (TPSA) is 49.4 Å². The molecular formula is C23H26N2O2. The first-order valence-corrected chi connectivity index (χ1v) is 9.90. The van der Waals surface area contributed by atoms with Gasteiger partial charge in [0.05, 0.1) is 12.0 Å². The Morgan fingerprint density at radius 3 is 2.70 bits per heavy atom. The van der Waals surface area contributed by atoms with Crippen molar-refractivity contribution >= 4 is 11.8 Å². The molecule has 0 bridgehead atoms. The Hall–Kier alpha value is -2.62. The van der Waals surface area contributed by atoms with E-state index < -0.39 is 0 Å². The number of fused-ring (bicyclic) bond motifs is 1. The second-order valence-corrected chi connectivity index (χ2v) is 7.63. The molecule has 1 fully saturated rings. The highest BCUT2D eigenvalue weighted by Crippen LogP contribution is 2.30. The summed E-state index contributed by atoms with van der Waals surface area (Å²) in [5, 5.41) is 3.21. The van der Waals surface area contributed by atoms with E-state index >= 15 is 0 Å². The average molecular weight is 362 g/mol. The number of aryl methyl sites for hydroxylation is 1. The van der Waals surface area contributed by atoms with E-state index in [2.05, 4.69) is 35.6 Å². The quantitative estimate of drug-likeness (QED) is 0.887. The lowest BCUT2D eigenvalue weighted by Crippen LogP contribution is -2.37. The van der Waals surface area contributed by atoms with Gasteiger partial charge in [-0.2, -0.15) is 0 Å². The Balaban J connectivity index is 1.34. The van der Waals surface area contributed by atoms with Crippen molar-refractivity contribution in [1.29, 1.82) is 0 Å². The van der Waals surface area contributed by atoms with E-state index in [9.17, 15) is 9.59 Å². The fourth-order valence-electron chi connectivity index (χ4n) is 4.27. The maximum atomic E-state index is 12.8. The van der Waals surface area contributed by atoms with Crippen molar-refractivity contribution in [2.45, 2.75) is 38.1 Å². The molecule has 2 aromatic carbocycles. The van der Waals surface area contributed by atoms with Gasteiger partial charge in [0, 0.05) is 19.5 Å². The molecule has 2 aliphatic rings. The molecular weight excluding hydrogens is 336 g/mol. The highest BCUT2D eigenvalue weighted by Gasteiger charge is 2.35. The molecule has 4 nitrogen and oxygen atoms in total. The van der Waals surface area contributed by atoms with E-state index in [1.165, 1.54) is 16.7 Å². The van der Waals surface area contributed by atoms with Crippen molar-refractivity contribution in [2.24, 2.45) is 5.92 Å². The lowest BCUT2D eigenvalue weighted by molar-refractivity contribution is -0.129. The first kappa shape index (κ1) is 17.8. The molecule has 4 heteroatoms. The van der Waals surface area contributed by atoms with Gasteiger partial charge in [0.25, 0.3) is 0 Å². The number of nitrogens with zero attached hydrogens (tertiary/aromatic N) is 1. The van der Waals surface area contributed by atoms with Crippen LogP contribution in [0.15, 0.2) is 54.6 Å². The Bertz CT molecular complexity index is 818. The van der Waals surface area contributed by atoms with Gasteiger partial charge in [0.2, 0.25) is 11.8 Å². The van der Waals surface area contributed by atoms with Gasteiger partial charge in [-0.1, -0.05) is 54.6 Å². The molecule has 1 saturated heterocycles. The monoisotopic (exact) mass is 362 g/mol. The van der Waals surface area contributed by atoms with Crippen molar-refractivity contribution in [3.8, 4) is 0 Å². The lowest BCUT2D eigenvalue weighted by Gasteiger charge is -2.27. The molecule has 0 spiro atoms. The number of likely N-dealkylation sites (tertiary alicyclic amines) is 1. The molecule has 1 heterocycles. The zero-order chi connectivity index (χ0) is 18.6. The van der Waals surface area contributed by atoms with Crippen molar-refractivity contribution in [3.05, 3.63) is 71.3 Å². The molecule has 1 aliphatic heterocycles. The van der Waals surface area contributed by atoms with Crippen LogP contribution in [0.4, 0.5) is 0 Å². The average Bonchev–Trinajstić information content (AvgIpc) is 3.08. The Kier molecular flexibility index (Phi) is 5.23. The summed E-state index contributed by atoms with van der Waals surface area (Å²) < 4.78 is 0. The summed E-state index contributed by atoms with van der Waals surface area (Å²) in [6.45, 7) is 1.21. The van der Waals surface area contributed by atoms with E-state index in [1.807, 2.05) is 29.2 Å². The van der Waals surface area contributed by atoms with Crippen LogP contribution in [0.25, 0.3) is 0 Å². The summed E-state index contributed by atoms with van der Waals surface area (Å²) in [5.74, 6) is -0.121. The highest BCUT2D eigenvalue weighted by atomic mass is 16.2. The second-order valence-electron chi connectivity index (χ2n) is 7.63. The van der Waals surface area contributed by atoms with Crippen LogP contribution in [-0.4, -0.2) is 29.8 Å². The second kappa shape index (κ2) is 7.95. The predicted molar refractivity (Wildman–Crippen MR) is 105 cm³/mol. The zero-order valence-electron chi connectivity index (χ0n) is 15.6. The number of rotatable bonds is 5. The smallest absolute Gasteiger partial charge is 0.225 e. The van der Waals surface area contributed by atoms with Gasteiger partial charge in [-0.15, -0.1) is 0 Å². The predicted octanol–water partition coefficient (Wildman–Crippen LogP) is 3.27. The fraction of sp³-hybridized carbons (Fsp3) is 0.391. The van der Waals surface area contributed by atoms with Crippen LogP contribution >= 0.6 is 0 Å². The number of amides is 2. The van der Waals surface area contributed by atoms with Gasteiger partial charge in [0.1, 0.15) is 0 Å². The first-order chi connectivity index (χ1) is 13.2. The molecule has 27 heavy (non-hydrogen) atoms. The van der Waals surface area contributed by atoms with Crippen LogP contribution in [0.1, 0.15) is 42.0 Å². The van der Waals surface area contributed by atoms with Gasteiger partial charge in [0.15, 0.2) is 0 Å². The van der Waals surface area contributed by atoms with Gasteiger partial charge in [-0.3, -0.25) is 9.59 Å². The number of carbonyl (C=O) groups is 2. The summed E-state index contributed by atoms with van der Waals surface area (Å²) in [6.07, 6.45) is 4.31. The number of benzene rings is 2. The highest BCUT2D eigenvalue weighted by molar-refractivity contribution is 5.89. The molecule has 2 unspecified atom stereocenters. The Labute approximate surface area is 160 Å². The number of hydrogen-bond donors (Lipinski definition) is 1. The normalized spacial score (nSPS) is 21.8. The van der Waals surface area contributed by atoms with E-state index in [1.54, 1.807) is 0 Å². The summed E-state index contributed by atoms with van der Waals surface area (Å²) in [5.41, 5.74) is 3.79. The van der Waals surface area contributed by atoms with Crippen molar-refractivity contribution in [3.63, 3.8) is 0 Å². The van der Waals surface area contributed by atoms with E-state index in [0.717, 1.165) is 25.7 Å². The maximum Gasteiger partial charge on any atom is 0.225 e. The molecule has 0 saturated carbocycles. The van der Waals surface area contributed by atoms with E-state index in [0.29, 0.717) is 19.5 Å². The van der Waals surface area contributed by atoms with Crippen LogP contribution in [0.5, 0.6) is 0 Å². The van der Waals surface area contributed by atoms with Crippen molar-refractivity contribution < 1.29 is 9.59 Å². The third-order valence-electron chi connectivity index (χ3n) is 5.78. The molecule has 2 aromatic rings. The maximum absolute atomic E-state index is 12.8. The summed E-state index contributed by atoms with van der Waals surface area (Å²) in [4.78, 5) is 27.0. The van der Waals surface area contributed by atoms with Gasteiger partial charge < -0.3 is 10.2 Å². The molecule has 1 aliphatic carbocycles. The molecule has 1 N–H and O–H groups in total. The molecule has 2 amide bonds. The van der Waals surface area contributed by atoms with Gasteiger partial charge in [-0.25, -0.2) is 0 Å². The minimum absolute atomic E-state index is 0.0206. The van der Waals surface area contributed by atoms with Crippen LogP contribution < -0.4 is 5.32 Å². The zero-order valence-corrected chi connectivity index (χ0v) is 15.6. The minimum atomic E-state index is -0.234. The number of carbonyl (C=O) groups excluding carboxylic acids is 2. The lowest BCUT2D eigenvalue weighted by atomic mass is 9.87. The molecule has 0 radical (unpaired) electrons. The van der Waals surface area contributed by atoms with Crippen molar-refractivity contribution in [1.82, 2.24) is 10.2 Å². The van der Waals surface area contributed by atoms with Crippen LogP contribution in [-0.2, 0) is 22.4 Å².